The van der Waals surface area contributed by atoms with E-state index in [9.17, 15) is 17.2 Å². The molecule has 0 bridgehead atoms. The van der Waals surface area contributed by atoms with Gasteiger partial charge in [0.1, 0.15) is 0 Å². The Labute approximate surface area is 133 Å². The third-order valence-corrected chi connectivity index (χ3v) is 5.65. The number of aromatic nitrogens is 1. The number of benzene rings is 1. The fraction of sp³-hybridized carbons (Fsp3) is 0.333. The van der Waals surface area contributed by atoms with Crippen LogP contribution in [0.2, 0.25) is 0 Å². The van der Waals surface area contributed by atoms with Gasteiger partial charge in [0.05, 0.1) is 18.0 Å². The third-order valence-electron chi connectivity index (χ3n) is 3.78. The summed E-state index contributed by atoms with van der Waals surface area (Å²) in [6.45, 7) is -1.88. The lowest BCUT2D eigenvalue weighted by molar-refractivity contribution is 0.0680. The first-order valence-electron chi connectivity index (χ1n) is 7.25. The first-order chi connectivity index (χ1) is 11.0. The maximum Gasteiger partial charge on any atom is 0.318 e. The van der Waals surface area contributed by atoms with Crippen LogP contribution in [-0.4, -0.2) is 25.3 Å². The van der Waals surface area contributed by atoms with Crippen LogP contribution in [0.5, 0.6) is 0 Å². The van der Waals surface area contributed by atoms with Crippen LogP contribution in [-0.2, 0) is 16.6 Å². The Bertz CT molecular complexity index is 790. The summed E-state index contributed by atoms with van der Waals surface area (Å²) in [7, 11) is -3.23. The van der Waals surface area contributed by atoms with Gasteiger partial charge >= 0.3 is 6.55 Å². The van der Waals surface area contributed by atoms with Crippen molar-refractivity contribution in [3.8, 4) is 0 Å². The average Bonchev–Trinajstić information content (AvgIpc) is 3.11. The monoisotopic (exact) mass is 341 g/mol. The molecule has 0 amide bonds. The Morgan fingerprint density at radius 3 is 2.74 bits per heavy atom. The van der Waals surface area contributed by atoms with E-state index in [1.165, 1.54) is 10.5 Å². The van der Waals surface area contributed by atoms with E-state index in [0.717, 1.165) is 4.57 Å². The van der Waals surface area contributed by atoms with E-state index in [1.807, 2.05) is 0 Å². The molecule has 0 saturated carbocycles. The number of hydrogen-bond donors (Lipinski definition) is 1. The number of halogens is 2. The standard InChI is InChI=1S/C15H17F2N3O2S/c16-15(17)19-7-2-6-14(19)11-18-12-4-1-5-13(10-12)20-8-3-9-23(20,21)22/h1-2,4-7,10,15,18H,3,8-9,11H2. The van der Waals surface area contributed by atoms with Crippen molar-refractivity contribution in [1.82, 2.24) is 4.57 Å². The predicted molar refractivity (Wildman–Crippen MR) is 85.2 cm³/mol. The summed E-state index contributed by atoms with van der Waals surface area (Å²) in [6, 6.07) is 10.2. The molecule has 2 aromatic rings. The van der Waals surface area contributed by atoms with Crippen LogP contribution in [0.1, 0.15) is 18.7 Å². The van der Waals surface area contributed by atoms with Gasteiger partial charge < -0.3 is 5.32 Å². The molecule has 124 valence electrons. The van der Waals surface area contributed by atoms with E-state index < -0.39 is 16.6 Å². The highest BCUT2D eigenvalue weighted by molar-refractivity contribution is 7.93. The van der Waals surface area contributed by atoms with Crippen molar-refractivity contribution in [2.24, 2.45) is 0 Å². The summed E-state index contributed by atoms with van der Waals surface area (Å²) in [5.41, 5.74) is 1.74. The van der Waals surface area contributed by atoms with E-state index in [-0.39, 0.29) is 12.3 Å². The zero-order valence-corrected chi connectivity index (χ0v) is 13.1. The van der Waals surface area contributed by atoms with Gasteiger partial charge in [-0.15, -0.1) is 0 Å². The van der Waals surface area contributed by atoms with E-state index in [0.29, 0.717) is 30.0 Å². The van der Waals surface area contributed by atoms with Gasteiger partial charge in [0.2, 0.25) is 10.0 Å². The number of alkyl halides is 2. The fourth-order valence-electron chi connectivity index (χ4n) is 2.66. The van der Waals surface area contributed by atoms with Gasteiger partial charge in [0, 0.05) is 24.1 Å². The Kier molecular flexibility index (Phi) is 4.25. The van der Waals surface area contributed by atoms with Gasteiger partial charge in [-0.3, -0.25) is 8.87 Å². The van der Waals surface area contributed by atoms with Crippen molar-refractivity contribution in [1.29, 1.82) is 0 Å². The maximum absolute atomic E-state index is 12.8. The molecule has 3 rings (SSSR count). The zero-order chi connectivity index (χ0) is 16.4. The fourth-order valence-corrected chi connectivity index (χ4v) is 4.22. The number of nitrogens with zero attached hydrogens (tertiary/aromatic N) is 2. The predicted octanol–water partition coefficient (Wildman–Crippen LogP) is 3.04. The molecule has 0 spiro atoms. The third kappa shape index (κ3) is 3.31. The zero-order valence-electron chi connectivity index (χ0n) is 12.3. The van der Waals surface area contributed by atoms with Crippen LogP contribution < -0.4 is 9.62 Å². The van der Waals surface area contributed by atoms with E-state index in [4.69, 9.17) is 0 Å². The van der Waals surface area contributed by atoms with Crippen LogP contribution in [0, 0.1) is 0 Å². The van der Waals surface area contributed by atoms with Crippen molar-refractivity contribution < 1.29 is 17.2 Å². The largest absolute Gasteiger partial charge is 0.379 e. The molecule has 1 N–H and O–H groups in total. The minimum Gasteiger partial charge on any atom is -0.379 e. The molecule has 1 aromatic heterocycles. The number of sulfonamides is 1. The summed E-state index contributed by atoms with van der Waals surface area (Å²) in [5.74, 6) is 0.159. The maximum atomic E-state index is 12.8. The first-order valence-corrected chi connectivity index (χ1v) is 8.86. The quantitative estimate of drug-likeness (QED) is 0.909. The van der Waals surface area contributed by atoms with E-state index >= 15 is 0 Å². The van der Waals surface area contributed by atoms with Crippen LogP contribution in [0.15, 0.2) is 42.6 Å². The molecule has 0 radical (unpaired) electrons. The molecule has 2 heterocycles. The lowest BCUT2D eigenvalue weighted by atomic mass is 10.2. The smallest absolute Gasteiger partial charge is 0.318 e. The SMILES string of the molecule is O=S1(=O)CCCN1c1cccc(NCc2cccn2C(F)F)c1. The molecule has 0 unspecified atom stereocenters. The molecule has 1 fully saturated rings. The Morgan fingerprint density at radius 2 is 2.04 bits per heavy atom. The molecule has 8 heteroatoms. The van der Waals surface area contributed by atoms with E-state index in [2.05, 4.69) is 5.32 Å². The molecular weight excluding hydrogens is 324 g/mol. The number of rotatable bonds is 5. The van der Waals surface area contributed by atoms with E-state index in [1.54, 1.807) is 36.4 Å². The highest BCUT2D eigenvalue weighted by Crippen LogP contribution is 2.26. The normalized spacial score (nSPS) is 16.9. The summed E-state index contributed by atoms with van der Waals surface area (Å²) >= 11 is 0. The minimum atomic E-state index is -3.23. The van der Waals surface area contributed by atoms with Crippen molar-refractivity contribution in [3.05, 3.63) is 48.3 Å². The lowest BCUT2D eigenvalue weighted by Crippen LogP contribution is -2.25. The number of anilines is 2. The van der Waals surface area contributed by atoms with Gasteiger partial charge in [-0.2, -0.15) is 8.78 Å². The molecule has 5 nitrogen and oxygen atoms in total. The molecule has 0 atom stereocenters. The van der Waals surface area contributed by atoms with Crippen molar-refractivity contribution in [2.75, 3.05) is 21.9 Å². The summed E-state index contributed by atoms with van der Waals surface area (Å²) in [6.07, 6.45) is 1.94. The first kappa shape index (κ1) is 15.8. The van der Waals surface area contributed by atoms with Crippen molar-refractivity contribution in [3.63, 3.8) is 0 Å². The van der Waals surface area contributed by atoms with Gasteiger partial charge in [-0.05, 0) is 36.8 Å². The highest BCUT2D eigenvalue weighted by Gasteiger charge is 2.28. The molecule has 1 aliphatic rings. The second-order valence-corrected chi connectivity index (χ2v) is 7.34. The van der Waals surface area contributed by atoms with Gasteiger partial charge in [-0.25, -0.2) is 8.42 Å². The second kappa shape index (κ2) is 6.19. The molecule has 1 saturated heterocycles. The molecule has 23 heavy (non-hydrogen) atoms. The highest BCUT2D eigenvalue weighted by atomic mass is 32.2. The molecule has 1 aliphatic heterocycles. The van der Waals surface area contributed by atoms with Crippen LogP contribution >= 0.6 is 0 Å². The molecule has 0 aliphatic carbocycles. The Morgan fingerprint density at radius 1 is 1.22 bits per heavy atom. The second-order valence-electron chi connectivity index (χ2n) is 5.33. The molecule has 1 aromatic carbocycles. The molecular formula is C15H17F2N3O2S. The average molecular weight is 341 g/mol. The minimum absolute atomic E-state index is 0.159. The van der Waals surface area contributed by atoms with Crippen molar-refractivity contribution >= 4 is 21.4 Å². The number of nitrogens with one attached hydrogen (secondary N) is 1. The van der Waals surface area contributed by atoms with Gasteiger partial charge in [0.25, 0.3) is 0 Å². The Balaban J connectivity index is 1.74. The van der Waals surface area contributed by atoms with Crippen LogP contribution in [0.4, 0.5) is 20.2 Å². The summed E-state index contributed by atoms with van der Waals surface area (Å²) < 4.78 is 51.8. The topological polar surface area (TPSA) is 54.3 Å². The number of hydrogen-bond acceptors (Lipinski definition) is 3. The van der Waals surface area contributed by atoms with Gasteiger partial charge in [0.15, 0.2) is 0 Å². The van der Waals surface area contributed by atoms with Gasteiger partial charge in [-0.1, -0.05) is 6.07 Å². The lowest BCUT2D eigenvalue weighted by Gasteiger charge is -2.18. The van der Waals surface area contributed by atoms with Crippen LogP contribution in [0.25, 0.3) is 0 Å². The van der Waals surface area contributed by atoms with Crippen molar-refractivity contribution in [2.45, 2.75) is 19.5 Å². The Hall–Kier alpha value is -2.09. The summed E-state index contributed by atoms with van der Waals surface area (Å²) in [5, 5.41) is 3.06. The summed E-state index contributed by atoms with van der Waals surface area (Å²) in [4.78, 5) is 0. The van der Waals surface area contributed by atoms with Crippen LogP contribution in [0.3, 0.4) is 0 Å².